The zero-order chi connectivity index (χ0) is 32.3. The molecule has 8 nitrogen and oxygen atoms in total. The molecule has 0 aliphatic heterocycles. The number of unbranched alkanes of at least 4 members (excludes halogenated alkanes) is 6. The molecule has 0 atom stereocenters. The van der Waals surface area contributed by atoms with Crippen molar-refractivity contribution in [1.29, 1.82) is 0 Å². The second-order valence-corrected chi connectivity index (χ2v) is 12.7. The summed E-state index contributed by atoms with van der Waals surface area (Å²) in [5.74, 6) is -0.159. The first kappa shape index (κ1) is 30.0. The van der Waals surface area contributed by atoms with Gasteiger partial charge in [-0.3, -0.25) is 28.7 Å². The molecule has 8 heteroatoms. The van der Waals surface area contributed by atoms with Crippen molar-refractivity contribution >= 4 is 64.6 Å². The molecule has 236 valence electrons. The second-order valence-electron chi connectivity index (χ2n) is 12.7. The van der Waals surface area contributed by atoms with Crippen molar-refractivity contribution < 1.29 is 10.2 Å². The Balaban J connectivity index is 1.73. The predicted octanol–water partition coefficient (Wildman–Crippen LogP) is 6.69. The fourth-order valence-electron chi connectivity index (χ4n) is 7.42. The highest BCUT2D eigenvalue weighted by Crippen LogP contribution is 2.44. The third-order valence-corrected chi connectivity index (χ3v) is 9.84. The maximum atomic E-state index is 13.7. The van der Waals surface area contributed by atoms with E-state index in [0.29, 0.717) is 45.4 Å². The molecule has 0 amide bonds. The molecule has 7 rings (SSSR count). The first-order valence-electron chi connectivity index (χ1n) is 16.6. The zero-order valence-corrected chi connectivity index (χ0v) is 27.0. The number of nitrogens with zero attached hydrogens (tertiary/aromatic N) is 4. The van der Waals surface area contributed by atoms with Gasteiger partial charge in [0.2, 0.25) is 11.8 Å². The summed E-state index contributed by atoms with van der Waals surface area (Å²) in [4.78, 5) is 37.6. The van der Waals surface area contributed by atoms with Gasteiger partial charge in [0.15, 0.2) is 0 Å². The number of rotatable bonds is 10. The summed E-state index contributed by atoms with van der Waals surface area (Å²) in [5.41, 5.74) is -0.553. The zero-order valence-electron chi connectivity index (χ0n) is 27.0. The Labute approximate surface area is 265 Å². The third kappa shape index (κ3) is 4.33. The van der Waals surface area contributed by atoms with E-state index in [-0.39, 0.29) is 22.9 Å². The molecule has 2 aromatic heterocycles. The highest BCUT2D eigenvalue weighted by molar-refractivity contribution is 6.39. The molecule has 0 bridgehead atoms. The molecule has 0 radical (unpaired) electrons. The number of benzene rings is 5. The Morgan fingerprint density at radius 2 is 0.913 bits per heavy atom. The van der Waals surface area contributed by atoms with Crippen LogP contribution < -0.4 is 21.8 Å². The van der Waals surface area contributed by atoms with Crippen LogP contribution >= 0.6 is 0 Å². The van der Waals surface area contributed by atoms with Gasteiger partial charge in [-0.15, -0.1) is 0 Å². The second kappa shape index (κ2) is 11.6. The Morgan fingerprint density at radius 3 is 1.30 bits per heavy atom. The lowest BCUT2D eigenvalue weighted by Crippen LogP contribution is -2.21. The van der Waals surface area contributed by atoms with Gasteiger partial charge in [0, 0.05) is 70.3 Å². The summed E-state index contributed by atoms with van der Waals surface area (Å²) in [6.45, 7) is 5.61. The Bertz CT molecular complexity index is 2370. The molecule has 2 heterocycles. The fourth-order valence-corrected chi connectivity index (χ4v) is 7.42. The van der Waals surface area contributed by atoms with Gasteiger partial charge in [0.25, 0.3) is 11.1 Å². The van der Waals surface area contributed by atoms with Gasteiger partial charge in [-0.25, -0.2) is 0 Å². The van der Waals surface area contributed by atoms with Crippen molar-refractivity contribution in [3.05, 3.63) is 67.8 Å². The van der Waals surface area contributed by atoms with Crippen molar-refractivity contribution in [2.45, 2.75) is 65.2 Å². The molecule has 7 aromatic rings. The maximum Gasteiger partial charge on any atom is 0.261 e. The molecular weight excluding hydrogens is 576 g/mol. The monoisotopic (exact) mass is 616 g/mol. The molecule has 0 fully saturated rings. The van der Waals surface area contributed by atoms with E-state index in [9.17, 15) is 19.8 Å². The van der Waals surface area contributed by atoms with Gasteiger partial charge < -0.3 is 10.2 Å². The maximum absolute atomic E-state index is 13.7. The van der Waals surface area contributed by atoms with Gasteiger partial charge in [-0.2, -0.15) is 0 Å². The standard InChI is InChI=1S/C38H40N4O4/c1-5-7-9-11-17-39-27-19-25-29-23(35(43)41(3)37(25)45)16-14-22-32-28(40-18-12-10-8-6-2)20-26-30-24(36(44)42(4)38(26)46)15-13-21(34(30)32)31(27)33(22)29/h13-16,19-20,43-44H,5-12,17-18H2,1-4H3. The summed E-state index contributed by atoms with van der Waals surface area (Å²) in [6, 6.07) is 11.5. The van der Waals surface area contributed by atoms with Crippen molar-refractivity contribution in [3.8, 4) is 11.8 Å². The average Bonchev–Trinajstić information content (AvgIpc) is 3.07. The van der Waals surface area contributed by atoms with Crippen LogP contribution in [0.5, 0.6) is 11.8 Å². The molecule has 0 unspecified atom stereocenters. The Kier molecular flexibility index (Phi) is 7.54. The van der Waals surface area contributed by atoms with Gasteiger partial charge in [-0.05, 0) is 47.9 Å². The minimum absolute atomic E-state index is 0.0794. The molecule has 0 saturated carbocycles. The number of aromatic hydroxyl groups is 2. The van der Waals surface area contributed by atoms with Crippen molar-refractivity contribution in [3.63, 3.8) is 0 Å². The van der Waals surface area contributed by atoms with Gasteiger partial charge in [0.1, 0.15) is 0 Å². The predicted molar refractivity (Wildman–Crippen MR) is 188 cm³/mol. The van der Waals surface area contributed by atoms with E-state index in [2.05, 4.69) is 13.8 Å². The largest absolute Gasteiger partial charge is 0.494 e. The molecule has 0 saturated heterocycles. The normalized spacial score (nSPS) is 13.4. The lowest BCUT2D eigenvalue weighted by atomic mass is 9.85. The molecule has 5 aromatic carbocycles. The number of hydrogen-bond acceptors (Lipinski definition) is 6. The smallest absolute Gasteiger partial charge is 0.261 e. The van der Waals surface area contributed by atoms with E-state index in [4.69, 9.17) is 9.98 Å². The van der Waals surface area contributed by atoms with Crippen LogP contribution in [0.1, 0.15) is 65.2 Å². The van der Waals surface area contributed by atoms with Crippen LogP contribution in [0, 0.1) is 0 Å². The van der Waals surface area contributed by atoms with Gasteiger partial charge >= 0.3 is 0 Å². The van der Waals surface area contributed by atoms with Crippen LogP contribution in [0.3, 0.4) is 0 Å². The van der Waals surface area contributed by atoms with Crippen molar-refractivity contribution in [1.82, 2.24) is 9.13 Å². The van der Waals surface area contributed by atoms with Crippen LogP contribution in [-0.2, 0) is 14.1 Å². The molecular formula is C38H40N4O4. The van der Waals surface area contributed by atoms with E-state index in [1.807, 2.05) is 36.4 Å². The van der Waals surface area contributed by atoms with Crippen molar-refractivity contribution in [2.75, 3.05) is 13.1 Å². The number of hydrogen-bond donors (Lipinski definition) is 2. The third-order valence-electron chi connectivity index (χ3n) is 9.84. The molecule has 0 spiro atoms. The van der Waals surface area contributed by atoms with Crippen LogP contribution in [0.15, 0.2) is 56.0 Å². The van der Waals surface area contributed by atoms with Crippen molar-refractivity contribution in [2.24, 2.45) is 24.1 Å². The lowest BCUT2D eigenvalue weighted by Gasteiger charge is -2.20. The van der Waals surface area contributed by atoms with Crippen LogP contribution in [0.4, 0.5) is 0 Å². The topological polar surface area (TPSA) is 109 Å². The summed E-state index contributed by atoms with van der Waals surface area (Å²) in [5, 5.41) is 32.7. The minimum atomic E-state index is -0.277. The molecule has 2 N–H and O–H groups in total. The number of pyridine rings is 2. The SMILES string of the molecule is CCCCCCN=c1cc2c(=O)n(C)c(O)c3ccc4c5c(=NCCCCCC)cc6c(=O)n(C)c(O)c7ccc(c1c4c32)c5c76. The van der Waals surface area contributed by atoms with E-state index < -0.39 is 0 Å². The number of fused-ring (bicyclic) bond motifs is 2. The molecule has 46 heavy (non-hydrogen) atoms. The molecule has 0 aliphatic carbocycles. The quantitative estimate of drug-likeness (QED) is 0.101. The highest BCUT2D eigenvalue weighted by atomic mass is 16.3. The van der Waals surface area contributed by atoms with E-state index >= 15 is 0 Å². The summed E-state index contributed by atoms with van der Waals surface area (Å²) >= 11 is 0. The van der Waals surface area contributed by atoms with E-state index in [1.165, 1.54) is 9.13 Å². The first-order valence-corrected chi connectivity index (χ1v) is 16.6. The van der Waals surface area contributed by atoms with E-state index in [1.54, 1.807) is 14.1 Å². The summed E-state index contributed by atoms with van der Waals surface area (Å²) < 4.78 is 2.59. The Morgan fingerprint density at radius 1 is 0.522 bits per heavy atom. The molecule has 0 aliphatic rings. The fraction of sp³-hybridized carbons (Fsp3) is 0.368. The van der Waals surface area contributed by atoms with Crippen LogP contribution in [0.2, 0.25) is 0 Å². The number of aromatic nitrogens is 2. The lowest BCUT2D eigenvalue weighted by molar-refractivity contribution is 0.431. The van der Waals surface area contributed by atoms with Crippen LogP contribution in [0.25, 0.3) is 64.6 Å². The van der Waals surface area contributed by atoms with Gasteiger partial charge in [0.05, 0.1) is 21.5 Å². The summed E-state index contributed by atoms with van der Waals surface area (Å²) in [7, 11) is 3.18. The first-order chi connectivity index (χ1) is 22.3. The average molecular weight is 617 g/mol. The van der Waals surface area contributed by atoms with Crippen LogP contribution in [-0.4, -0.2) is 32.4 Å². The highest BCUT2D eigenvalue weighted by Gasteiger charge is 2.24. The van der Waals surface area contributed by atoms with E-state index in [0.717, 1.165) is 94.4 Å². The minimum Gasteiger partial charge on any atom is -0.494 e. The van der Waals surface area contributed by atoms with Gasteiger partial charge in [-0.1, -0.05) is 64.5 Å². The Hall–Kier alpha value is -4.72. The summed E-state index contributed by atoms with van der Waals surface area (Å²) in [6.07, 6.45) is 8.58.